The van der Waals surface area contributed by atoms with E-state index in [0.717, 1.165) is 24.2 Å². The first-order chi connectivity index (χ1) is 8.95. The van der Waals surface area contributed by atoms with E-state index < -0.39 is 10.0 Å². The van der Waals surface area contributed by atoms with E-state index in [1.807, 2.05) is 0 Å². The van der Waals surface area contributed by atoms with Crippen molar-refractivity contribution in [2.45, 2.75) is 17.1 Å². The number of nitrogens with one attached hydrogen (secondary N) is 2. The zero-order chi connectivity index (χ0) is 14.3. The normalized spacial score (nSPS) is 11.5. The summed E-state index contributed by atoms with van der Waals surface area (Å²) >= 11 is 6.60. The van der Waals surface area contributed by atoms with Gasteiger partial charge < -0.3 is 11.1 Å². The Morgan fingerprint density at radius 1 is 1.37 bits per heavy atom. The van der Waals surface area contributed by atoms with Gasteiger partial charge in [0.15, 0.2) is 0 Å². The SMILES string of the molecule is NCCCCNC(=O)CNS(=O)(=O)c1ccc(Cl)s1. The van der Waals surface area contributed by atoms with Gasteiger partial charge in [-0.15, -0.1) is 11.3 Å². The summed E-state index contributed by atoms with van der Waals surface area (Å²) in [5, 5.41) is 2.60. The predicted octanol–water partition coefficient (Wildman–Crippen LogP) is 0.535. The van der Waals surface area contributed by atoms with Crippen molar-refractivity contribution >= 4 is 38.9 Å². The van der Waals surface area contributed by atoms with Crippen molar-refractivity contribution in [3.05, 3.63) is 16.5 Å². The first-order valence-electron chi connectivity index (χ1n) is 5.67. The zero-order valence-corrected chi connectivity index (χ0v) is 12.6. The van der Waals surface area contributed by atoms with Gasteiger partial charge in [0.2, 0.25) is 5.91 Å². The number of hydrogen-bond acceptors (Lipinski definition) is 5. The van der Waals surface area contributed by atoms with Crippen LogP contribution in [0, 0.1) is 0 Å². The average molecular weight is 326 g/mol. The van der Waals surface area contributed by atoms with Crippen LogP contribution in [0.3, 0.4) is 0 Å². The van der Waals surface area contributed by atoms with Crippen molar-refractivity contribution in [2.24, 2.45) is 5.73 Å². The number of nitrogens with two attached hydrogens (primary N) is 1. The Labute approximate surface area is 121 Å². The number of rotatable bonds is 8. The Morgan fingerprint density at radius 3 is 2.68 bits per heavy atom. The van der Waals surface area contributed by atoms with Crippen LogP contribution in [0.1, 0.15) is 12.8 Å². The molecule has 108 valence electrons. The minimum atomic E-state index is -3.67. The molecular formula is C10H16ClN3O3S2. The Morgan fingerprint density at radius 2 is 2.11 bits per heavy atom. The highest BCUT2D eigenvalue weighted by molar-refractivity contribution is 7.91. The molecule has 0 aromatic carbocycles. The lowest BCUT2D eigenvalue weighted by atomic mass is 10.3. The van der Waals surface area contributed by atoms with Crippen LogP contribution in [-0.4, -0.2) is 34.0 Å². The smallest absolute Gasteiger partial charge is 0.250 e. The van der Waals surface area contributed by atoms with E-state index in [2.05, 4.69) is 10.0 Å². The fourth-order valence-corrected chi connectivity index (χ4v) is 3.74. The van der Waals surface area contributed by atoms with E-state index in [9.17, 15) is 13.2 Å². The lowest BCUT2D eigenvalue weighted by Gasteiger charge is -2.06. The number of unbranched alkanes of at least 4 members (excludes halogenated alkanes) is 1. The Balaban J connectivity index is 2.37. The Kier molecular flexibility index (Phi) is 6.73. The third-order valence-corrected chi connectivity index (χ3v) is 5.31. The first kappa shape index (κ1) is 16.4. The molecule has 0 aliphatic heterocycles. The second-order valence-corrected chi connectivity index (χ2v) is 7.44. The molecular weight excluding hydrogens is 310 g/mol. The van der Waals surface area contributed by atoms with Gasteiger partial charge in [-0.2, -0.15) is 0 Å². The molecule has 6 nitrogen and oxygen atoms in total. The lowest BCUT2D eigenvalue weighted by Crippen LogP contribution is -2.37. The van der Waals surface area contributed by atoms with E-state index >= 15 is 0 Å². The van der Waals surface area contributed by atoms with Gasteiger partial charge in [0, 0.05) is 6.54 Å². The molecule has 0 fully saturated rings. The van der Waals surface area contributed by atoms with E-state index in [1.165, 1.54) is 12.1 Å². The highest BCUT2D eigenvalue weighted by atomic mass is 35.5. The summed E-state index contributed by atoms with van der Waals surface area (Å²) < 4.78 is 26.2. The molecule has 1 amide bonds. The molecule has 0 bridgehead atoms. The predicted molar refractivity (Wildman–Crippen MR) is 75.8 cm³/mol. The van der Waals surface area contributed by atoms with Crippen LogP contribution in [0.5, 0.6) is 0 Å². The maximum atomic E-state index is 11.8. The van der Waals surface area contributed by atoms with Gasteiger partial charge in [0.05, 0.1) is 10.9 Å². The number of carbonyl (C=O) groups excluding carboxylic acids is 1. The molecule has 0 aliphatic rings. The van der Waals surface area contributed by atoms with Crippen LogP contribution in [0.4, 0.5) is 0 Å². The number of sulfonamides is 1. The van der Waals surface area contributed by atoms with Crippen molar-refractivity contribution in [2.75, 3.05) is 19.6 Å². The van der Waals surface area contributed by atoms with Crippen LogP contribution < -0.4 is 15.8 Å². The monoisotopic (exact) mass is 325 g/mol. The van der Waals surface area contributed by atoms with E-state index in [1.54, 1.807) is 0 Å². The van der Waals surface area contributed by atoms with Gasteiger partial charge in [-0.05, 0) is 31.5 Å². The van der Waals surface area contributed by atoms with Gasteiger partial charge in [0.1, 0.15) is 4.21 Å². The minimum absolute atomic E-state index is 0.0911. The molecule has 0 atom stereocenters. The molecule has 0 saturated heterocycles. The first-order valence-corrected chi connectivity index (χ1v) is 8.35. The third-order valence-electron chi connectivity index (χ3n) is 2.19. The van der Waals surface area contributed by atoms with Gasteiger partial charge >= 0.3 is 0 Å². The summed E-state index contributed by atoms with van der Waals surface area (Å²) in [4.78, 5) is 11.4. The minimum Gasteiger partial charge on any atom is -0.355 e. The summed E-state index contributed by atoms with van der Waals surface area (Å²) in [7, 11) is -3.67. The fraction of sp³-hybridized carbons (Fsp3) is 0.500. The molecule has 1 rings (SSSR count). The topological polar surface area (TPSA) is 101 Å². The number of halogens is 1. The molecule has 0 unspecified atom stereocenters. The number of amides is 1. The third kappa shape index (κ3) is 5.87. The van der Waals surface area contributed by atoms with Crippen LogP contribution in [0.2, 0.25) is 4.34 Å². The van der Waals surface area contributed by atoms with Gasteiger partial charge in [0.25, 0.3) is 10.0 Å². The van der Waals surface area contributed by atoms with Crippen molar-refractivity contribution in [1.82, 2.24) is 10.0 Å². The second-order valence-electron chi connectivity index (χ2n) is 3.73. The second kappa shape index (κ2) is 7.81. The number of thiophene rings is 1. The van der Waals surface area contributed by atoms with Crippen molar-refractivity contribution in [3.63, 3.8) is 0 Å². The highest BCUT2D eigenvalue weighted by Crippen LogP contribution is 2.25. The molecule has 0 spiro atoms. The van der Waals surface area contributed by atoms with Crippen LogP contribution in [0.15, 0.2) is 16.3 Å². The van der Waals surface area contributed by atoms with Gasteiger partial charge in [-0.1, -0.05) is 11.6 Å². The van der Waals surface area contributed by atoms with Crippen LogP contribution in [-0.2, 0) is 14.8 Å². The summed E-state index contributed by atoms with van der Waals surface area (Å²) in [6.07, 6.45) is 1.59. The molecule has 1 heterocycles. The molecule has 4 N–H and O–H groups in total. The molecule has 0 radical (unpaired) electrons. The Hall–Kier alpha value is -0.670. The summed E-state index contributed by atoms with van der Waals surface area (Å²) in [6, 6.07) is 2.89. The molecule has 9 heteroatoms. The summed E-state index contributed by atoms with van der Waals surface area (Å²) in [5.74, 6) is -0.372. The lowest BCUT2D eigenvalue weighted by molar-refractivity contribution is -0.119. The van der Waals surface area contributed by atoms with Crippen LogP contribution >= 0.6 is 22.9 Å². The molecule has 0 saturated carbocycles. The van der Waals surface area contributed by atoms with E-state index in [0.29, 0.717) is 17.4 Å². The Bertz CT molecular complexity index is 516. The summed E-state index contributed by atoms with van der Waals surface area (Å²) in [5.41, 5.74) is 5.31. The molecule has 1 aromatic rings. The fourth-order valence-electron chi connectivity index (χ4n) is 1.23. The van der Waals surface area contributed by atoms with Crippen molar-refractivity contribution < 1.29 is 13.2 Å². The molecule has 1 aromatic heterocycles. The zero-order valence-electron chi connectivity index (χ0n) is 10.2. The maximum Gasteiger partial charge on any atom is 0.250 e. The average Bonchev–Trinajstić information content (AvgIpc) is 2.80. The number of hydrogen-bond donors (Lipinski definition) is 3. The van der Waals surface area contributed by atoms with E-state index in [-0.39, 0.29) is 16.7 Å². The van der Waals surface area contributed by atoms with Crippen molar-refractivity contribution in [3.8, 4) is 0 Å². The van der Waals surface area contributed by atoms with Crippen molar-refractivity contribution in [1.29, 1.82) is 0 Å². The summed E-state index contributed by atoms with van der Waals surface area (Å²) in [6.45, 7) is 0.769. The van der Waals surface area contributed by atoms with Gasteiger partial charge in [-0.3, -0.25) is 4.79 Å². The van der Waals surface area contributed by atoms with Crippen LogP contribution in [0.25, 0.3) is 0 Å². The highest BCUT2D eigenvalue weighted by Gasteiger charge is 2.17. The van der Waals surface area contributed by atoms with E-state index in [4.69, 9.17) is 17.3 Å². The molecule has 0 aliphatic carbocycles. The standard InChI is InChI=1S/C10H16ClN3O3S2/c11-8-3-4-10(18-8)19(16,17)14-7-9(15)13-6-2-1-5-12/h3-4,14H,1-2,5-7,12H2,(H,13,15). The van der Waals surface area contributed by atoms with Gasteiger partial charge in [-0.25, -0.2) is 13.1 Å². The molecule has 19 heavy (non-hydrogen) atoms. The quantitative estimate of drug-likeness (QED) is 0.607. The maximum absolute atomic E-state index is 11.8. The number of carbonyl (C=O) groups is 1. The largest absolute Gasteiger partial charge is 0.355 e.